The molecule has 0 aromatic rings. The van der Waals surface area contributed by atoms with Crippen LogP contribution in [0.2, 0.25) is 0 Å². The van der Waals surface area contributed by atoms with Gasteiger partial charge in [0.15, 0.2) is 18.9 Å². The molecule has 9 amide bonds. The highest BCUT2D eigenvalue weighted by Gasteiger charge is 2.48. The van der Waals surface area contributed by atoms with Crippen LogP contribution >= 0.6 is 0 Å². The summed E-state index contributed by atoms with van der Waals surface area (Å²) in [5.74, 6) is -6.80. The van der Waals surface area contributed by atoms with E-state index in [0.29, 0.717) is 5.06 Å². The van der Waals surface area contributed by atoms with Gasteiger partial charge in [-0.2, -0.15) is 0 Å². The normalized spacial score (nSPS) is 25.7. The Hall–Kier alpha value is -6.06. The van der Waals surface area contributed by atoms with E-state index in [1.165, 1.54) is 20.8 Å². The fraction of sp³-hybridized carbons (Fsp3) is 0.844. The number of unbranched alkanes of at least 4 members (excludes halogenated alkanes) is 2. The molecule has 17 atom stereocenters. The minimum Gasteiger partial charge on any atom is -0.394 e. The van der Waals surface area contributed by atoms with Gasteiger partial charge >= 0.3 is 5.97 Å². The van der Waals surface area contributed by atoms with Crippen molar-refractivity contribution < 1.29 is 170 Å². The zero-order valence-corrected chi connectivity index (χ0v) is 60.4. The predicted octanol–water partition coefficient (Wildman–Crippen LogP) is -9.83. The summed E-state index contributed by atoms with van der Waals surface area (Å²) in [7, 11) is 0. The van der Waals surface area contributed by atoms with Gasteiger partial charge in [-0.1, -0.05) is 0 Å². The molecule has 16 N–H and O–H groups in total. The standard InChI is InChI=1S/C64H110N8O35/c1-38(76)67-51-57(87)54(84)43(32-73)104-62(51)101-29-26-95-17-14-92-20-23-98-35-46(79)65-12-6-4-8-41(70-48(81)37-100-25-22-94-16-19-97-28-31-103-64-53(69-40(3)78)59(89)56(86)45(34-75)106-64)60(90)71-42(61(91)107-72-49(82)10-11-50(72)83)9-5-7-13-66-47(80)36-99-24-21-93-15-18-96-27-30-102-63-52(68-39(2)77)58(88)55(85)44(33-74)105-63/h41-45,51-59,62-64,73-75,84-89H,4-37H2,1-3H3,(H,65,79)(H,66,80)(H,67,76)(H,68,77)(H,69,78)(H,70,81)(H,71,90)/t41?,42?,43-,44-,45-,51-,52-,53-,54+,55+,56+,57?,58-,59?,62-,63-,64-/m1/s1. The van der Waals surface area contributed by atoms with Crippen LogP contribution in [0.1, 0.15) is 72.1 Å². The first-order valence-electron chi connectivity index (χ1n) is 35.3. The van der Waals surface area contributed by atoms with Gasteiger partial charge < -0.3 is 159 Å². The summed E-state index contributed by atoms with van der Waals surface area (Å²) in [5.41, 5.74) is 0. The molecule has 4 rings (SSSR count). The molecule has 4 aliphatic rings. The average Bonchev–Trinajstić information content (AvgIpc) is 1.67. The molecule has 43 nitrogen and oxygen atoms in total. The second-order valence-corrected chi connectivity index (χ2v) is 24.6. The summed E-state index contributed by atoms with van der Waals surface area (Å²) in [6.45, 7) is 1.80. The van der Waals surface area contributed by atoms with Crippen molar-refractivity contribution in [1.82, 2.24) is 42.3 Å². The van der Waals surface area contributed by atoms with Gasteiger partial charge in [0.1, 0.15) is 105 Å². The highest BCUT2D eigenvalue weighted by atomic mass is 16.7. The number of nitrogens with zero attached hydrogens (tertiary/aromatic N) is 1. The third-order valence-electron chi connectivity index (χ3n) is 16.1. The zero-order valence-electron chi connectivity index (χ0n) is 60.4. The fourth-order valence-electron chi connectivity index (χ4n) is 10.7. The molecule has 0 radical (unpaired) electrons. The lowest BCUT2D eigenvalue weighted by Gasteiger charge is -2.42. The molecule has 0 aliphatic carbocycles. The first kappa shape index (κ1) is 93.3. The molecule has 4 fully saturated rings. The van der Waals surface area contributed by atoms with Crippen LogP contribution in [0.15, 0.2) is 0 Å². The summed E-state index contributed by atoms with van der Waals surface area (Å²) >= 11 is 0. The number of hydroxylamine groups is 2. The van der Waals surface area contributed by atoms with Crippen LogP contribution in [0, 0.1) is 0 Å². The maximum Gasteiger partial charge on any atom is 0.355 e. The predicted molar refractivity (Wildman–Crippen MR) is 356 cm³/mol. The molecular weight excluding hydrogens is 1440 g/mol. The summed E-state index contributed by atoms with van der Waals surface area (Å²) in [5, 5.41) is 109. The van der Waals surface area contributed by atoms with Crippen molar-refractivity contribution in [2.45, 2.75) is 176 Å². The summed E-state index contributed by atoms with van der Waals surface area (Å²) in [4.78, 5) is 131. The highest BCUT2D eigenvalue weighted by Crippen LogP contribution is 2.25. The second kappa shape index (κ2) is 53.7. The van der Waals surface area contributed by atoms with Crippen LogP contribution in [0.3, 0.4) is 0 Å². The molecule has 43 heteroatoms. The topological polar surface area (TPSA) is 588 Å². The Kier molecular flexibility index (Phi) is 46.9. The van der Waals surface area contributed by atoms with Crippen LogP contribution in [0.25, 0.3) is 0 Å². The van der Waals surface area contributed by atoms with E-state index in [9.17, 15) is 93.9 Å². The Morgan fingerprint density at radius 1 is 0.402 bits per heavy atom. The minimum absolute atomic E-state index is 0.00363. The van der Waals surface area contributed by atoms with Gasteiger partial charge in [-0.25, -0.2) is 4.79 Å². The van der Waals surface area contributed by atoms with E-state index in [1.54, 1.807) is 0 Å². The molecule has 4 saturated heterocycles. The lowest BCUT2D eigenvalue weighted by atomic mass is 9.97. The number of aliphatic hydroxyl groups is 9. The third-order valence-corrected chi connectivity index (χ3v) is 16.1. The average molecular weight is 1550 g/mol. The van der Waals surface area contributed by atoms with Crippen molar-refractivity contribution in [3.05, 3.63) is 0 Å². The smallest absolute Gasteiger partial charge is 0.355 e. The van der Waals surface area contributed by atoms with Crippen LogP contribution in [0.5, 0.6) is 0 Å². The van der Waals surface area contributed by atoms with Gasteiger partial charge in [-0.3, -0.25) is 43.2 Å². The molecule has 0 bridgehead atoms. The fourth-order valence-corrected chi connectivity index (χ4v) is 10.7. The van der Waals surface area contributed by atoms with Crippen molar-refractivity contribution in [3.8, 4) is 0 Å². The molecule has 4 aliphatic heterocycles. The third kappa shape index (κ3) is 36.1. The molecule has 0 aromatic carbocycles. The molecule has 616 valence electrons. The van der Waals surface area contributed by atoms with E-state index < -0.39 is 190 Å². The van der Waals surface area contributed by atoms with E-state index >= 15 is 0 Å². The van der Waals surface area contributed by atoms with E-state index in [0.717, 1.165) is 0 Å². The van der Waals surface area contributed by atoms with Crippen molar-refractivity contribution in [2.75, 3.05) is 172 Å². The largest absolute Gasteiger partial charge is 0.394 e. The quantitative estimate of drug-likeness (QED) is 0.0199. The maximum absolute atomic E-state index is 14.1. The Bertz CT molecular complexity index is 2610. The minimum atomic E-state index is -1.49. The monoisotopic (exact) mass is 1550 g/mol. The van der Waals surface area contributed by atoms with Gasteiger partial charge in [0.25, 0.3) is 11.8 Å². The number of amides is 9. The van der Waals surface area contributed by atoms with Crippen molar-refractivity contribution in [3.63, 3.8) is 0 Å². The summed E-state index contributed by atoms with van der Waals surface area (Å²) in [6, 6.07) is -6.13. The van der Waals surface area contributed by atoms with Gasteiger partial charge in [-0.15, -0.1) is 5.06 Å². The first-order valence-corrected chi connectivity index (χ1v) is 35.3. The zero-order chi connectivity index (χ0) is 78.5. The molecule has 107 heavy (non-hydrogen) atoms. The van der Waals surface area contributed by atoms with E-state index in [4.69, 9.17) is 75.9 Å². The number of aliphatic hydroxyl groups excluding tert-OH is 9. The van der Waals surface area contributed by atoms with E-state index in [-0.39, 0.29) is 197 Å². The SMILES string of the molecule is CC(=O)N[C@H]1[C@H](OCCOCCOCCOCC(=O)NCCCCC(NC(=O)C(CCCCNC(=O)COCCOCCOCCO[C@@H]2O[C@H](CO)[C@H](O)C(O)[C@H]2NC(C)=O)NC(=O)COCCOCCOCCO[C@@H]2O[C@H](CO)[C@H](O)C(O)[C@H]2NC(C)=O)C(=O)ON2C(=O)CCC2=O)O[C@H](CO)[C@H](O)[C@@H]1O. The van der Waals surface area contributed by atoms with E-state index in [2.05, 4.69) is 37.2 Å². The van der Waals surface area contributed by atoms with E-state index in [1.807, 2.05) is 0 Å². The number of carbonyl (C=O) groups excluding carboxylic acids is 10. The molecule has 4 unspecified atom stereocenters. The first-order chi connectivity index (χ1) is 51.4. The van der Waals surface area contributed by atoms with Gasteiger partial charge in [0, 0.05) is 46.7 Å². The van der Waals surface area contributed by atoms with Crippen LogP contribution in [-0.4, -0.2) is 386 Å². The number of carbonyl (C=O) groups is 10. The van der Waals surface area contributed by atoms with Gasteiger partial charge in [0.2, 0.25) is 41.4 Å². The van der Waals surface area contributed by atoms with Crippen molar-refractivity contribution >= 4 is 59.1 Å². The Morgan fingerprint density at radius 3 is 1.02 bits per heavy atom. The van der Waals surface area contributed by atoms with Crippen LogP contribution in [0.4, 0.5) is 0 Å². The lowest BCUT2D eigenvalue weighted by Crippen LogP contribution is -2.64. The van der Waals surface area contributed by atoms with Crippen molar-refractivity contribution in [1.29, 1.82) is 0 Å². The molecular formula is C64H110N8O35. The molecule has 0 spiro atoms. The highest BCUT2D eigenvalue weighted by molar-refractivity contribution is 6.02. The Labute approximate surface area is 617 Å². The van der Waals surface area contributed by atoms with Gasteiger partial charge in [0.05, 0.1) is 139 Å². The maximum atomic E-state index is 14.1. The lowest BCUT2D eigenvalue weighted by molar-refractivity contribution is -0.272. The number of rotatable bonds is 57. The van der Waals surface area contributed by atoms with Crippen LogP contribution < -0.4 is 37.2 Å². The van der Waals surface area contributed by atoms with Crippen molar-refractivity contribution in [2.24, 2.45) is 0 Å². The number of nitrogens with one attached hydrogen (secondary N) is 7. The van der Waals surface area contributed by atoms with Gasteiger partial charge in [-0.05, 0) is 38.5 Å². The number of ether oxygens (including phenoxy) is 15. The molecule has 0 saturated carbocycles. The number of hydrogen-bond acceptors (Lipinski definition) is 35. The van der Waals surface area contributed by atoms with Crippen LogP contribution in [-0.2, 0) is 124 Å². The molecule has 4 heterocycles. The second-order valence-electron chi connectivity index (χ2n) is 24.6. The number of imide groups is 1. The summed E-state index contributed by atoms with van der Waals surface area (Å²) in [6.07, 6.45) is -15.5. The number of hydrogen-bond donors (Lipinski definition) is 16. The Morgan fingerprint density at radius 2 is 0.701 bits per heavy atom. The summed E-state index contributed by atoms with van der Waals surface area (Å²) < 4.78 is 82.5. The Balaban J connectivity index is 1.19. The molecule has 0 aromatic heterocycles.